The highest BCUT2D eigenvalue weighted by atomic mass is 16.5. The number of allylic oxidation sites excluding steroid dienone is 1. The molecule has 1 aliphatic rings. The fourth-order valence-electron chi connectivity index (χ4n) is 2.11. The average Bonchev–Trinajstić information content (AvgIpc) is 2.45. The van der Waals surface area contributed by atoms with Gasteiger partial charge in [0.15, 0.2) is 0 Å². The SMILES string of the molecule is C(=C/C1CCOCC1)/CCOCc1ccccc1. The maximum Gasteiger partial charge on any atom is 0.0717 e. The quantitative estimate of drug-likeness (QED) is 0.564. The molecule has 98 valence electrons. The predicted molar refractivity (Wildman–Crippen MR) is 73.4 cm³/mol. The molecule has 0 aliphatic carbocycles. The van der Waals surface area contributed by atoms with E-state index in [0.717, 1.165) is 26.2 Å². The van der Waals surface area contributed by atoms with Gasteiger partial charge in [0.1, 0.15) is 0 Å². The van der Waals surface area contributed by atoms with Gasteiger partial charge in [-0.05, 0) is 30.7 Å². The third-order valence-corrected chi connectivity index (χ3v) is 3.21. The molecule has 0 amide bonds. The van der Waals surface area contributed by atoms with Crippen LogP contribution in [-0.4, -0.2) is 19.8 Å². The molecule has 1 heterocycles. The zero-order valence-corrected chi connectivity index (χ0v) is 10.9. The minimum atomic E-state index is 0.714. The number of ether oxygens (including phenoxy) is 2. The van der Waals surface area contributed by atoms with Crippen molar-refractivity contribution in [3.63, 3.8) is 0 Å². The Morgan fingerprint density at radius 2 is 1.94 bits per heavy atom. The lowest BCUT2D eigenvalue weighted by Crippen LogP contribution is -2.13. The maximum absolute atomic E-state index is 5.63. The number of benzene rings is 1. The fraction of sp³-hybridized carbons (Fsp3) is 0.500. The molecule has 0 spiro atoms. The van der Waals surface area contributed by atoms with Gasteiger partial charge in [-0.25, -0.2) is 0 Å². The first kappa shape index (κ1) is 13.3. The normalized spacial score (nSPS) is 17.3. The molecule has 0 aromatic heterocycles. The van der Waals surface area contributed by atoms with Crippen molar-refractivity contribution in [3.05, 3.63) is 48.0 Å². The highest BCUT2D eigenvalue weighted by Crippen LogP contribution is 2.15. The van der Waals surface area contributed by atoms with Crippen molar-refractivity contribution in [3.8, 4) is 0 Å². The molecule has 1 aromatic rings. The molecule has 2 rings (SSSR count). The maximum atomic E-state index is 5.63. The van der Waals surface area contributed by atoms with Gasteiger partial charge in [-0.15, -0.1) is 0 Å². The van der Waals surface area contributed by atoms with E-state index in [0.29, 0.717) is 12.5 Å². The second-order valence-corrected chi connectivity index (χ2v) is 4.70. The van der Waals surface area contributed by atoms with Crippen LogP contribution in [0.3, 0.4) is 0 Å². The molecule has 1 aromatic carbocycles. The smallest absolute Gasteiger partial charge is 0.0717 e. The second-order valence-electron chi connectivity index (χ2n) is 4.70. The van der Waals surface area contributed by atoms with E-state index in [1.54, 1.807) is 0 Å². The van der Waals surface area contributed by atoms with Crippen LogP contribution in [0.5, 0.6) is 0 Å². The third-order valence-electron chi connectivity index (χ3n) is 3.21. The molecule has 1 aliphatic heterocycles. The molecule has 1 saturated heterocycles. The standard InChI is InChI=1S/C16H22O2/c1-2-7-16(8-3-1)14-18-11-5-4-6-15-9-12-17-13-10-15/h1-4,6-8,15H,5,9-14H2/b6-4-. The van der Waals surface area contributed by atoms with Gasteiger partial charge < -0.3 is 9.47 Å². The van der Waals surface area contributed by atoms with Crippen molar-refractivity contribution in [2.24, 2.45) is 5.92 Å². The van der Waals surface area contributed by atoms with Crippen molar-refractivity contribution in [2.45, 2.75) is 25.9 Å². The van der Waals surface area contributed by atoms with Crippen LogP contribution in [0.1, 0.15) is 24.8 Å². The van der Waals surface area contributed by atoms with E-state index in [9.17, 15) is 0 Å². The zero-order chi connectivity index (χ0) is 12.5. The van der Waals surface area contributed by atoms with E-state index in [1.165, 1.54) is 18.4 Å². The number of rotatable bonds is 6. The Hall–Kier alpha value is -1.12. The van der Waals surface area contributed by atoms with Crippen molar-refractivity contribution in [1.82, 2.24) is 0 Å². The zero-order valence-electron chi connectivity index (χ0n) is 10.9. The topological polar surface area (TPSA) is 18.5 Å². The largest absolute Gasteiger partial charge is 0.381 e. The monoisotopic (exact) mass is 246 g/mol. The first-order valence-corrected chi connectivity index (χ1v) is 6.81. The van der Waals surface area contributed by atoms with Gasteiger partial charge in [0, 0.05) is 13.2 Å². The summed E-state index contributed by atoms with van der Waals surface area (Å²) in [6.07, 6.45) is 7.92. The molecule has 0 bridgehead atoms. The highest BCUT2D eigenvalue weighted by Gasteiger charge is 2.09. The van der Waals surface area contributed by atoms with Gasteiger partial charge in [-0.3, -0.25) is 0 Å². The summed E-state index contributed by atoms with van der Waals surface area (Å²) in [7, 11) is 0. The third kappa shape index (κ3) is 5.03. The molecule has 0 saturated carbocycles. The van der Waals surface area contributed by atoms with Gasteiger partial charge >= 0.3 is 0 Å². The van der Waals surface area contributed by atoms with Crippen molar-refractivity contribution in [2.75, 3.05) is 19.8 Å². The van der Waals surface area contributed by atoms with Gasteiger partial charge in [0.05, 0.1) is 13.2 Å². The van der Waals surface area contributed by atoms with Crippen LogP contribution >= 0.6 is 0 Å². The van der Waals surface area contributed by atoms with E-state index in [1.807, 2.05) is 18.2 Å². The molecule has 0 N–H and O–H groups in total. The molecular weight excluding hydrogens is 224 g/mol. The number of hydrogen-bond acceptors (Lipinski definition) is 2. The van der Waals surface area contributed by atoms with Crippen LogP contribution < -0.4 is 0 Å². The summed E-state index contributed by atoms with van der Waals surface area (Å²) in [5, 5.41) is 0. The first-order chi connectivity index (χ1) is 8.95. The summed E-state index contributed by atoms with van der Waals surface area (Å²) in [5.74, 6) is 0.716. The highest BCUT2D eigenvalue weighted by molar-refractivity contribution is 5.13. The lowest BCUT2D eigenvalue weighted by atomic mass is 10.00. The fourth-order valence-corrected chi connectivity index (χ4v) is 2.11. The van der Waals surface area contributed by atoms with E-state index in [2.05, 4.69) is 24.3 Å². The van der Waals surface area contributed by atoms with E-state index < -0.39 is 0 Å². The Bertz CT molecular complexity index is 339. The van der Waals surface area contributed by atoms with E-state index in [4.69, 9.17) is 9.47 Å². The number of hydrogen-bond donors (Lipinski definition) is 0. The van der Waals surface area contributed by atoms with Crippen molar-refractivity contribution >= 4 is 0 Å². The molecule has 0 atom stereocenters. The summed E-state index contributed by atoms with van der Waals surface area (Å²) < 4.78 is 11.0. The van der Waals surface area contributed by atoms with Crippen molar-refractivity contribution < 1.29 is 9.47 Å². The summed E-state index contributed by atoms with van der Waals surface area (Å²) in [4.78, 5) is 0. The molecule has 2 heteroatoms. The summed E-state index contributed by atoms with van der Waals surface area (Å²) in [6.45, 7) is 3.35. The van der Waals surface area contributed by atoms with Crippen LogP contribution in [0.15, 0.2) is 42.5 Å². The van der Waals surface area contributed by atoms with Crippen LogP contribution in [-0.2, 0) is 16.1 Å². The summed E-state index contributed by atoms with van der Waals surface area (Å²) in [6, 6.07) is 10.3. The Balaban J connectivity index is 1.54. The van der Waals surface area contributed by atoms with E-state index in [-0.39, 0.29) is 0 Å². The van der Waals surface area contributed by atoms with Crippen molar-refractivity contribution in [1.29, 1.82) is 0 Å². The van der Waals surface area contributed by atoms with Gasteiger partial charge in [0.25, 0.3) is 0 Å². The minimum absolute atomic E-state index is 0.714. The summed E-state index contributed by atoms with van der Waals surface area (Å²) in [5.41, 5.74) is 1.24. The van der Waals surface area contributed by atoms with E-state index >= 15 is 0 Å². The van der Waals surface area contributed by atoms with Gasteiger partial charge in [0.2, 0.25) is 0 Å². The van der Waals surface area contributed by atoms with Gasteiger partial charge in [-0.2, -0.15) is 0 Å². The predicted octanol–water partition coefficient (Wildman–Crippen LogP) is 3.58. The average molecular weight is 246 g/mol. The molecular formula is C16H22O2. The lowest BCUT2D eigenvalue weighted by molar-refractivity contribution is 0.0783. The Kier molecular flexibility index (Phi) is 5.97. The first-order valence-electron chi connectivity index (χ1n) is 6.81. The lowest BCUT2D eigenvalue weighted by Gasteiger charge is -2.18. The van der Waals surface area contributed by atoms with Crippen LogP contribution in [0.2, 0.25) is 0 Å². The van der Waals surface area contributed by atoms with Crippen LogP contribution in [0.4, 0.5) is 0 Å². The Morgan fingerprint density at radius 1 is 1.17 bits per heavy atom. The molecule has 18 heavy (non-hydrogen) atoms. The van der Waals surface area contributed by atoms with Crippen LogP contribution in [0.25, 0.3) is 0 Å². The minimum Gasteiger partial charge on any atom is -0.381 e. The molecule has 2 nitrogen and oxygen atoms in total. The molecule has 0 radical (unpaired) electrons. The summed E-state index contributed by atoms with van der Waals surface area (Å²) >= 11 is 0. The molecule has 1 fully saturated rings. The Labute approximate surface area is 110 Å². The Morgan fingerprint density at radius 3 is 2.72 bits per heavy atom. The van der Waals surface area contributed by atoms with Crippen LogP contribution in [0, 0.1) is 5.92 Å². The second kappa shape index (κ2) is 8.06. The molecule has 0 unspecified atom stereocenters. The van der Waals surface area contributed by atoms with Gasteiger partial charge in [-0.1, -0.05) is 42.5 Å².